The number of hydrogen-bond donors (Lipinski definition) is 1. The van der Waals surface area contributed by atoms with Crippen LogP contribution >= 0.6 is 0 Å². The molecule has 0 spiro atoms. The van der Waals surface area contributed by atoms with Gasteiger partial charge in [0.05, 0.1) is 32.5 Å². The van der Waals surface area contributed by atoms with Crippen LogP contribution in [0.2, 0.25) is 0 Å². The Morgan fingerprint density at radius 2 is 1.67 bits per heavy atom. The van der Waals surface area contributed by atoms with Gasteiger partial charge in [0.2, 0.25) is 0 Å². The Hall–Kier alpha value is -2.16. The molecule has 0 fully saturated rings. The molecule has 0 saturated carbocycles. The first-order valence-corrected chi connectivity index (χ1v) is 7.06. The molecule has 2 heterocycles. The summed E-state index contributed by atoms with van der Waals surface area (Å²) in [6.07, 6.45) is 11.7. The van der Waals surface area contributed by atoms with Crippen molar-refractivity contribution in [2.24, 2.45) is 4.99 Å². The molecule has 0 aliphatic carbocycles. The fourth-order valence-corrected chi connectivity index (χ4v) is 1.75. The molecular weight excluding hydrogens is 298 g/mol. The number of fused-ring (bicyclic) bond motifs is 1. The Kier molecular flexibility index (Phi) is 4.73. The van der Waals surface area contributed by atoms with Crippen LogP contribution in [0.15, 0.2) is 71.6 Å². The maximum Gasteiger partial charge on any atom is 0.116 e. The molecule has 7 nitrogen and oxygen atoms in total. The molecule has 1 aromatic carbocycles. The fraction of sp³-hybridized carbons (Fsp3) is 0. The largest absolute Gasteiger partial charge is 0.254 e. The molecule has 1 N–H and O–H groups in total. The van der Waals surface area contributed by atoms with Gasteiger partial charge in [-0.2, -0.15) is 14.0 Å². The monoisotopic (exact) mass is 309 g/mol. The zero-order valence-electron chi connectivity index (χ0n) is 10.7. The third-order valence-corrected chi connectivity index (χ3v) is 2.51. The second-order valence-electron chi connectivity index (χ2n) is 3.94. The Balaban J connectivity index is 0.000000282. The van der Waals surface area contributed by atoms with Crippen LogP contribution in [-0.2, 0) is 0 Å². The van der Waals surface area contributed by atoms with E-state index in [-0.39, 0.29) is 0 Å². The van der Waals surface area contributed by atoms with Crippen LogP contribution in [0.5, 0.6) is 0 Å². The summed E-state index contributed by atoms with van der Waals surface area (Å²) in [7, 11) is -4.69. The lowest BCUT2D eigenvalue weighted by Crippen LogP contribution is -2.58. The summed E-state index contributed by atoms with van der Waals surface area (Å²) in [5, 5.41) is 4.07. The molecule has 21 heavy (non-hydrogen) atoms. The van der Waals surface area contributed by atoms with E-state index in [0.29, 0.717) is 0 Å². The van der Waals surface area contributed by atoms with E-state index in [1.807, 2.05) is 60.2 Å². The van der Waals surface area contributed by atoms with Crippen molar-refractivity contribution < 1.29 is 28.9 Å². The van der Waals surface area contributed by atoms with Crippen molar-refractivity contribution in [2.75, 3.05) is 5.01 Å². The smallest absolute Gasteiger partial charge is 0.116 e. The van der Waals surface area contributed by atoms with Crippen molar-refractivity contribution >= 4 is 12.0 Å². The van der Waals surface area contributed by atoms with Crippen molar-refractivity contribution in [1.82, 2.24) is 5.01 Å². The molecule has 0 bridgehead atoms. The van der Waals surface area contributed by atoms with Crippen molar-refractivity contribution in [3.05, 3.63) is 66.7 Å². The first-order valence-electron chi connectivity index (χ1n) is 5.80. The maximum atomic E-state index is 8.60. The fourth-order valence-electron chi connectivity index (χ4n) is 1.75. The highest BCUT2D eigenvalue weighted by atomic mass is 35.7. The summed E-state index contributed by atoms with van der Waals surface area (Å²) >= 11 is 0. The first-order chi connectivity index (χ1) is 9.95. The number of para-hydroxylation sites is 1. The average molecular weight is 310 g/mol. The molecule has 0 radical (unpaired) electrons. The van der Waals surface area contributed by atoms with Gasteiger partial charge in [0.1, 0.15) is 6.34 Å². The number of rotatable bonds is 1. The molecule has 0 unspecified atom stereocenters. The van der Waals surface area contributed by atoms with Gasteiger partial charge in [-0.25, -0.2) is 10.0 Å². The minimum absolute atomic E-state index is 1.06. The highest BCUT2D eigenvalue weighted by molar-refractivity contribution is 5.80. The van der Waals surface area contributed by atoms with Gasteiger partial charge in [0.25, 0.3) is 0 Å². The Labute approximate surface area is 123 Å². The highest BCUT2D eigenvalue weighted by Gasteiger charge is 2.17. The van der Waals surface area contributed by atoms with Gasteiger partial charge in [0, 0.05) is 6.20 Å². The van der Waals surface area contributed by atoms with Crippen molar-refractivity contribution in [3.8, 4) is 0 Å². The van der Waals surface area contributed by atoms with Gasteiger partial charge < -0.3 is 0 Å². The lowest BCUT2D eigenvalue weighted by Gasteiger charge is -2.35. The zero-order valence-corrected chi connectivity index (χ0v) is 11.5. The van der Waals surface area contributed by atoms with Crippen LogP contribution in [0.1, 0.15) is 0 Å². The van der Waals surface area contributed by atoms with Crippen molar-refractivity contribution in [1.29, 1.82) is 0 Å². The summed E-state index contributed by atoms with van der Waals surface area (Å²) < 4.78 is 32.7. The Morgan fingerprint density at radius 1 is 1.00 bits per heavy atom. The quantitative estimate of drug-likeness (QED) is 0.680. The van der Waals surface area contributed by atoms with E-state index in [0.717, 1.165) is 11.4 Å². The minimum atomic E-state index is -4.69. The van der Waals surface area contributed by atoms with E-state index < -0.39 is 10.2 Å². The van der Waals surface area contributed by atoms with Crippen molar-refractivity contribution in [3.63, 3.8) is 0 Å². The number of anilines is 1. The summed E-state index contributed by atoms with van der Waals surface area (Å²) in [5.41, 5.74) is 2.16. The third kappa shape index (κ3) is 4.71. The van der Waals surface area contributed by atoms with Crippen LogP contribution in [0.25, 0.3) is 0 Å². The summed E-state index contributed by atoms with van der Waals surface area (Å²) in [4.78, 5) is 4.23. The minimum Gasteiger partial charge on any atom is -0.254 e. The molecule has 2 aliphatic heterocycles. The van der Waals surface area contributed by atoms with Crippen LogP contribution in [0.3, 0.4) is 0 Å². The number of allylic oxidation sites excluding steroid dienone is 3. The van der Waals surface area contributed by atoms with Gasteiger partial charge in [-0.05, 0) is 24.3 Å². The summed E-state index contributed by atoms with van der Waals surface area (Å²) in [6.45, 7) is 0. The van der Waals surface area contributed by atoms with E-state index >= 15 is 0 Å². The van der Waals surface area contributed by atoms with E-state index in [1.54, 1.807) is 0 Å². The molecule has 3 rings (SSSR count). The normalized spacial score (nSPS) is 16.1. The highest BCUT2D eigenvalue weighted by Crippen LogP contribution is 2.23. The summed E-state index contributed by atoms with van der Waals surface area (Å²) in [5.74, 6) is 0. The maximum absolute atomic E-state index is 8.60. The van der Waals surface area contributed by atoms with Crippen LogP contribution in [0, 0.1) is 10.2 Å². The predicted octanol–water partition coefficient (Wildman–Crippen LogP) is -1.45. The standard InChI is InChI=1S/C13H11N3.ClHO4/c1-2-6-12(7-3-1)16-11-14-10-13-8-4-5-9-15(13)16;2-1(3,4)5/h1-11H;(H,2,3,4,5). The lowest BCUT2D eigenvalue weighted by atomic mass is 10.3. The van der Waals surface area contributed by atoms with Crippen LogP contribution < -0.4 is 19.0 Å². The van der Waals surface area contributed by atoms with Gasteiger partial charge in [-0.15, -0.1) is 0 Å². The van der Waals surface area contributed by atoms with Gasteiger partial charge in [-0.3, -0.25) is 5.01 Å². The summed E-state index contributed by atoms with van der Waals surface area (Å²) in [6, 6.07) is 10.2. The van der Waals surface area contributed by atoms with E-state index in [4.69, 9.17) is 18.6 Å². The van der Waals surface area contributed by atoms with E-state index in [1.165, 1.54) is 0 Å². The van der Waals surface area contributed by atoms with Gasteiger partial charge in [-0.1, -0.05) is 24.3 Å². The van der Waals surface area contributed by atoms with Gasteiger partial charge >= 0.3 is 0 Å². The number of halogens is 1. The van der Waals surface area contributed by atoms with Crippen LogP contribution in [0.4, 0.5) is 5.69 Å². The molecule has 0 saturated heterocycles. The first kappa shape index (κ1) is 15.2. The molecule has 0 amide bonds. The number of benzene rings is 1. The predicted molar refractivity (Wildman–Crippen MR) is 67.8 cm³/mol. The second kappa shape index (κ2) is 6.53. The van der Waals surface area contributed by atoms with E-state index in [9.17, 15) is 0 Å². The average Bonchev–Trinajstić information content (AvgIpc) is 2.46. The number of hydrazine groups is 1. The molecule has 0 aromatic heterocycles. The van der Waals surface area contributed by atoms with Gasteiger partial charge in [0.15, 0.2) is 0 Å². The molecule has 0 atom stereocenters. The third-order valence-electron chi connectivity index (χ3n) is 2.51. The lowest BCUT2D eigenvalue weighted by molar-refractivity contribution is -1.92. The molecular formula is C13H12ClN3O4. The number of nitrogens with zero attached hydrogens (tertiary/aromatic N) is 3. The Bertz CT molecular complexity index is 587. The SMILES string of the molecule is C1=CC2=CN=CN(c3ccccc3)N2C=C1.[O-][Cl+3]([O-])([O-])O. The molecule has 2 aliphatic rings. The second-order valence-corrected chi connectivity index (χ2v) is 4.73. The van der Waals surface area contributed by atoms with Crippen molar-refractivity contribution in [2.45, 2.75) is 0 Å². The molecule has 1 aromatic rings. The van der Waals surface area contributed by atoms with E-state index in [2.05, 4.69) is 22.1 Å². The molecule has 110 valence electrons. The zero-order chi connectivity index (χ0) is 15.3. The number of hydrogen-bond acceptors (Lipinski definition) is 7. The Morgan fingerprint density at radius 3 is 2.33 bits per heavy atom. The number of aliphatic imine (C=N–C) groups is 1. The molecule has 8 heteroatoms. The topological polar surface area (TPSA) is 108 Å². The van der Waals surface area contributed by atoms with Crippen LogP contribution in [-0.4, -0.2) is 16.0 Å².